The van der Waals surface area contributed by atoms with Crippen LogP contribution >= 0.6 is 11.3 Å². The van der Waals surface area contributed by atoms with Gasteiger partial charge in [0.2, 0.25) is 0 Å². The average molecular weight is 373 g/mol. The van der Waals surface area contributed by atoms with Gasteiger partial charge in [-0.05, 0) is 61.1 Å². The van der Waals surface area contributed by atoms with E-state index in [1.165, 1.54) is 25.7 Å². The van der Waals surface area contributed by atoms with E-state index >= 15 is 0 Å². The van der Waals surface area contributed by atoms with E-state index in [1.807, 2.05) is 17.4 Å². The Balaban J connectivity index is 1.30. The molecule has 2 heterocycles. The van der Waals surface area contributed by atoms with Crippen LogP contribution in [0, 0.1) is 11.7 Å². The lowest BCUT2D eigenvalue weighted by Crippen LogP contribution is -2.31. The molecule has 0 spiro atoms. The summed E-state index contributed by atoms with van der Waals surface area (Å²) in [5, 5.41) is 2.18. The van der Waals surface area contributed by atoms with Gasteiger partial charge in [-0.15, -0.1) is 11.3 Å². The van der Waals surface area contributed by atoms with Gasteiger partial charge >= 0.3 is 0 Å². The third kappa shape index (κ3) is 3.64. The third-order valence-corrected chi connectivity index (χ3v) is 6.84. The van der Waals surface area contributed by atoms with Crippen molar-refractivity contribution in [1.29, 1.82) is 0 Å². The first kappa shape index (κ1) is 17.9. The highest BCUT2D eigenvalue weighted by Crippen LogP contribution is 2.40. The van der Waals surface area contributed by atoms with Crippen LogP contribution in [0.25, 0.3) is 5.57 Å². The number of halogens is 1. The molecule has 0 radical (unpaired) electrons. The molecule has 1 aromatic carbocycles. The van der Waals surface area contributed by atoms with Crippen LogP contribution in [0.15, 0.2) is 41.9 Å². The number of fused-ring (bicyclic) bond motifs is 1. The van der Waals surface area contributed by atoms with Crippen molar-refractivity contribution in [3.63, 3.8) is 0 Å². The Kier molecular flexibility index (Phi) is 5.00. The molecule has 0 saturated heterocycles. The van der Waals surface area contributed by atoms with Gasteiger partial charge in [0, 0.05) is 28.7 Å². The lowest BCUT2D eigenvalue weighted by atomic mass is 9.82. The van der Waals surface area contributed by atoms with E-state index in [0.29, 0.717) is 17.0 Å². The molecule has 138 valence electrons. The first-order chi connectivity index (χ1) is 12.5. The van der Waals surface area contributed by atoms with Gasteiger partial charge in [-0.3, -0.25) is 4.48 Å². The highest BCUT2D eigenvalue weighted by atomic mass is 32.1. The molecule has 0 bridgehead atoms. The topological polar surface area (TPSA) is 9.23 Å². The molecule has 4 rings (SSSR count). The van der Waals surface area contributed by atoms with Crippen LogP contribution in [0.3, 0.4) is 0 Å². The number of benzene rings is 1. The molecule has 2 nitrogen and oxygen atoms in total. The predicted molar refractivity (Wildman–Crippen MR) is 108 cm³/mol. The van der Waals surface area contributed by atoms with Crippen LogP contribution in [-0.2, 0) is 4.74 Å². The lowest BCUT2D eigenvalue weighted by Gasteiger charge is -2.27. The van der Waals surface area contributed by atoms with Crippen molar-refractivity contribution in [2.24, 2.45) is 5.92 Å². The second-order valence-corrected chi connectivity index (χ2v) is 9.08. The van der Waals surface area contributed by atoms with Crippen LogP contribution in [0.5, 0.6) is 0 Å². The van der Waals surface area contributed by atoms with E-state index in [9.17, 15) is 4.39 Å². The molecular formula is C22H27FNOS+. The molecule has 2 aromatic rings. The first-order valence-corrected chi connectivity index (χ1v) is 10.4. The number of nitrogens with zero attached hydrogens (tertiary/aromatic N) is 1. The molecule has 1 aromatic heterocycles. The van der Waals surface area contributed by atoms with Crippen molar-refractivity contribution < 1.29 is 9.13 Å². The lowest BCUT2D eigenvalue weighted by molar-refractivity contribution is 0.106. The van der Waals surface area contributed by atoms with Crippen LogP contribution in [0.1, 0.15) is 42.0 Å². The maximum Gasteiger partial charge on any atom is 0.145 e. The molecule has 0 N–H and O–H groups in total. The molecule has 0 atom stereocenters. The van der Waals surface area contributed by atoms with Gasteiger partial charge < -0.3 is 4.74 Å². The number of hydrogen-bond donors (Lipinski definition) is 0. The summed E-state index contributed by atoms with van der Waals surface area (Å²) in [6, 6.07) is 9.51. The molecule has 1 fully saturated rings. The van der Waals surface area contributed by atoms with Crippen molar-refractivity contribution in [2.75, 3.05) is 27.3 Å². The highest BCUT2D eigenvalue weighted by molar-refractivity contribution is 7.10. The summed E-state index contributed by atoms with van der Waals surface area (Å²) in [7, 11) is 4.24. The summed E-state index contributed by atoms with van der Waals surface area (Å²) in [5.41, 5.74) is 3.25. The van der Waals surface area contributed by atoms with Crippen LogP contribution in [0.4, 0.5) is 10.1 Å². The second kappa shape index (κ2) is 7.26. The van der Waals surface area contributed by atoms with E-state index in [2.05, 4.69) is 37.8 Å². The van der Waals surface area contributed by atoms with Crippen molar-refractivity contribution in [1.82, 2.24) is 4.48 Å². The number of hydrogen-bond acceptors (Lipinski definition) is 2. The van der Waals surface area contributed by atoms with E-state index in [0.717, 1.165) is 29.3 Å². The predicted octanol–water partition coefficient (Wildman–Crippen LogP) is 5.80. The molecule has 1 aliphatic heterocycles. The molecule has 1 aliphatic carbocycles. The monoisotopic (exact) mass is 372 g/mol. The summed E-state index contributed by atoms with van der Waals surface area (Å²) >= 11 is 1.89. The maximum atomic E-state index is 13.7. The van der Waals surface area contributed by atoms with Gasteiger partial charge in [0.1, 0.15) is 17.7 Å². The van der Waals surface area contributed by atoms with Gasteiger partial charge in [0.25, 0.3) is 0 Å². The van der Waals surface area contributed by atoms with E-state index in [1.54, 1.807) is 17.0 Å². The zero-order valence-electron chi connectivity index (χ0n) is 15.6. The first-order valence-electron chi connectivity index (χ1n) is 9.50. The zero-order chi connectivity index (χ0) is 18.1. The minimum Gasteiger partial charge on any atom is -0.376 e. The molecule has 2 aliphatic rings. The number of rotatable bonds is 5. The Labute approximate surface area is 159 Å². The van der Waals surface area contributed by atoms with E-state index in [4.69, 9.17) is 4.74 Å². The Morgan fingerprint density at radius 3 is 2.69 bits per heavy atom. The summed E-state index contributed by atoms with van der Waals surface area (Å²) in [4.78, 5) is 1.54. The molecule has 4 heteroatoms. The van der Waals surface area contributed by atoms with Gasteiger partial charge in [-0.2, -0.15) is 0 Å². The fourth-order valence-corrected chi connectivity index (χ4v) is 5.28. The Hall–Kier alpha value is -1.49. The maximum absolute atomic E-state index is 13.7. The second-order valence-electron chi connectivity index (χ2n) is 8.10. The molecule has 0 amide bonds. The summed E-state index contributed by atoms with van der Waals surface area (Å²) in [6.45, 7) is 1.38. The minimum atomic E-state index is -0.177. The standard InChI is InChI=1S/C22H27FNOS/c1-24(2)13-18(20-12-19(23)9-10-21(20)24)15-25-14-16-5-7-17(8-6-16)22-4-3-11-26-22/h3-4,9-13,16-17H,5-8,14-15H2,1-2H3/q+1. The number of quaternary nitrogens is 1. The third-order valence-electron chi connectivity index (χ3n) is 5.81. The van der Waals surface area contributed by atoms with Crippen molar-refractivity contribution in [2.45, 2.75) is 31.6 Å². The zero-order valence-corrected chi connectivity index (χ0v) is 16.4. The van der Waals surface area contributed by atoms with Gasteiger partial charge in [0.15, 0.2) is 0 Å². The molecule has 1 saturated carbocycles. The van der Waals surface area contributed by atoms with Crippen molar-refractivity contribution >= 4 is 22.6 Å². The smallest absolute Gasteiger partial charge is 0.145 e. The largest absolute Gasteiger partial charge is 0.376 e. The molecule has 26 heavy (non-hydrogen) atoms. The van der Waals surface area contributed by atoms with Crippen molar-refractivity contribution in [3.05, 3.63) is 58.2 Å². The van der Waals surface area contributed by atoms with Crippen LogP contribution < -0.4 is 4.48 Å². The van der Waals surface area contributed by atoms with Crippen LogP contribution in [-0.4, -0.2) is 27.3 Å². The molecular weight excluding hydrogens is 345 g/mol. The quantitative estimate of drug-likeness (QED) is 0.603. The Morgan fingerprint density at radius 2 is 1.96 bits per heavy atom. The fraction of sp³-hybridized carbons (Fsp3) is 0.455. The Bertz CT molecular complexity index is 788. The fourth-order valence-electron chi connectivity index (χ4n) is 4.38. The average Bonchev–Trinajstić information content (AvgIpc) is 3.23. The minimum absolute atomic E-state index is 0.177. The van der Waals surface area contributed by atoms with Gasteiger partial charge in [-0.25, -0.2) is 4.39 Å². The summed E-state index contributed by atoms with van der Waals surface area (Å²) in [5.74, 6) is 1.22. The van der Waals surface area contributed by atoms with Gasteiger partial charge in [0.05, 0.1) is 20.7 Å². The SMILES string of the molecule is C[N+]1(C)C=C(COCC2CCC(c3cccs3)CC2)c2cc(F)ccc21. The normalized spacial score (nSPS) is 24.3. The summed E-state index contributed by atoms with van der Waals surface area (Å²) in [6.07, 6.45) is 7.21. The van der Waals surface area contributed by atoms with E-state index in [-0.39, 0.29) is 5.82 Å². The summed E-state index contributed by atoms with van der Waals surface area (Å²) < 4.78 is 20.4. The Morgan fingerprint density at radius 1 is 1.15 bits per heavy atom. The van der Waals surface area contributed by atoms with E-state index < -0.39 is 0 Å². The van der Waals surface area contributed by atoms with Crippen LogP contribution in [0.2, 0.25) is 0 Å². The molecule has 0 unspecified atom stereocenters. The van der Waals surface area contributed by atoms with Gasteiger partial charge in [-0.1, -0.05) is 6.07 Å². The number of ether oxygens (including phenoxy) is 1. The number of thiophene rings is 1. The van der Waals surface area contributed by atoms with Crippen molar-refractivity contribution in [3.8, 4) is 0 Å². The highest BCUT2D eigenvalue weighted by Gasteiger charge is 2.31.